The molecule has 4 nitrogen and oxygen atoms in total. The lowest BCUT2D eigenvalue weighted by atomic mass is 10.5. The van der Waals surface area contributed by atoms with Gasteiger partial charge in [-0.1, -0.05) is 11.3 Å². The maximum atomic E-state index is 11.2. The number of rotatable bonds is 0. The number of thiol groups is 1. The third kappa shape index (κ3) is 1.12. The van der Waals surface area contributed by atoms with Crippen molar-refractivity contribution in [1.82, 2.24) is 14.6 Å². The Morgan fingerprint density at radius 1 is 1.67 bits per heavy atom. The van der Waals surface area contributed by atoms with Crippen molar-refractivity contribution in [2.45, 2.75) is 11.3 Å². The van der Waals surface area contributed by atoms with Crippen LogP contribution in [0.3, 0.4) is 0 Å². The molecule has 0 saturated carbocycles. The minimum Gasteiger partial charge on any atom is -0.267 e. The van der Waals surface area contributed by atoms with Gasteiger partial charge in [0.25, 0.3) is 5.56 Å². The molecule has 0 fully saturated rings. The molecule has 0 atom stereocenters. The fourth-order valence-corrected chi connectivity index (χ4v) is 1.94. The molecule has 0 aliphatic carbocycles. The number of nitrogens with zero attached hydrogens (tertiary/aromatic N) is 3. The van der Waals surface area contributed by atoms with Crippen LogP contribution in [-0.2, 0) is 0 Å². The van der Waals surface area contributed by atoms with Crippen LogP contribution in [0.4, 0.5) is 0 Å². The minimum atomic E-state index is -0.158. The molecule has 2 aromatic rings. The van der Waals surface area contributed by atoms with Gasteiger partial charge in [-0.05, 0) is 6.92 Å². The maximum Gasteiger partial charge on any atom is 0.275 e. The van der Waals surface area contributed by atoms with Crippen LogP contribution >= 0.6 is 24.0 Å². The lowest BCUT2D eigenvalue weighted by Crippen LogP contribution is -2.13. The molecular weight excluding hydrogens is 194 g/mol. The van der Waals surface area contributed by atoms with Crippen molar-refractivity contribution in [3.8, 4) is 0 Å². The Balaban J connectivity index is 2.98. The van der Waals surface area contributed by atoms with Gasteiger partial charge in [-0.15, -0.1) is 17.7 Å². The summed E-state index contributed by atoms with van der Waals surface area (Å²) in [5, 5.41) is 3.88. The number of aromatic nitrogens is 3. The molecule has 0 unspecified atom stereocenters. The molecule has 2 aromatic heterocycles. The van der Waals surface area contributed by atoms with E-state index >= 15 is 0 Å². The largest absolute Gasteiger partial charge is 0.275 e. The zero-order valence-electron chi connectivity index (χ0n) is 6.18. The van der Waals surface area contributed by atoms with Gasteiger partial charge >= 0.3 is 0 Å². The summed E-state index contributed by atoms with van der Waals surface area (Å²) in [4.78, 5) is 16.0. The van der Waals surface area contributed by atoms with Crippen LogP contribution in [0.1, 0.15) is 5.69 Å². The van der Waals surface area contributed by atoms with Crippen LogP contribution in [-0.4, -0.2) is 14.6 Å². The first kappa shape index (κ1) is 7.75. The molecule has 0 spiro atoms. The van der Waals surface area contributed by atoms with Crippen LogP contribution in [0, 0.1) is 6.92 Å². The highest BCUT2D eigenvalue weighted by molar-refractivity contribution is 7.82. The van der Waals surface area contributed by atoms with Crippen molar-refractivity contribution in [3.63, 3.8) is 0 Å². The second-order valence-corrected chi connectivity index (χ2v) is 4.00. The summed E-state index contributed by atoms with van der Waals surface area (Å²) in [7, 11) is 0. The summed E-state index contributed by atoms with van der Waals surface area (Å²) < 4.78 is 1.80. The van der Waals surface area contributed by atoms with E-state index in [9.17, 15) is 4.79 Å². The molecule has 0 aliphatic heterocycles. The normalized spacial score (nSPS) is 10.8. The summed E-state index contributed by atoms with van der Waals surface area (Å²) in [6.07, 6.45) is 0. The molecule has 12 heavy (non-hydrogen) atoms. The van der Waals surface area contributed by atoms with Gasteiger partial charge in [0.1, 0.15) is 0 Å². The van der Waals surface area contributed by atoms with Crippen molar-refractivity contribution < 1.29 is 0 Å². The average Bonchev–Trinajstić information content (AvgIpc) is 2.29. The van der Waals surface area contributed by atoms with Crippen LogP contribution in [0.2, 0.25) is 0 Å². The zero-order valence-corrected chi connectivity index (χ0v) is 7.89. The number of hydrogen-bond acceptors (Lipinski definition) is 5. The Morgan fingerprint density at radius 3 is 3.17 bits per heavy atom. The lowest BCUT2D eigenvalue weighted by Gasteiger charge is -1.89. The molecule has 2 rings (SSSR count). The second-order valence-electron chi connectivity index (χ2n) is 2.31. The fraction of sp³-hybridized carbons (Fsp3) is 0.167. The predicted octanol–water partition coefficient (Wildman–Crippen LogP) is 0.748. The molecule has 0 saturated heterocycles. The van der Waals surface area contributed by atoms with Crippen molar-refractivity contribution in [1.29, 1.82) is 0 Å². The Kier molecular flexibility index (Phi) is 1.66. The van der Waals surface area contributed by atoms with E-state index in [-0.39, 0.29) is 5.56 Å². The van der Waals surface area contributed by atoms with Gasteiger partial charge < -0.3 is 0 Å². The second kappa shape index (κ2) is 2.56. The number of fused-ring (bicyclic) bond motifs is 1. The molecule has 0 aliphatic rings. The van der Waals surface area contributed by atoms with Gasteiger partial charge in [0.05, 0.1) is 0 Å². The quantitative estimate of drug-likeness (QED) is 0.637. The van der Waals surface area contributed by atoms with Crippen LogP contribution in [0.5, 0.6) is 0 Å². The molecule has 0 aromatic carbocycles. The van der Waals surface area contributed by atoms with E-state index in [2.05, 4.69) is 22.7 Å². The summed E-state index contributed by atoms with van der Waals surface area (Å²) in [6, 6.07) is 1.44. The van der Waals surface area contributed by atoms with Crippen molar-refractivity contribution in [3.05, 3.63) is 22.1 Å². The molecular formula is C6H5N3OS2. The lowest BCUT2D eigenvalue weighted by molar-refractivity contribution is 0.852. The van der Waals surface area contributed by atoms with Crippen molar-refractivity contribution >= 4 is 28.9 Å². The van der Waals surface area contributed by atoms with Gasteiger partial charge in [0.2, 0.25) is 4.96 Å². The van der Waals surface area contributed by atoms with Gasteiger partial charge in [-0.3, -0.25) is 4.79 Å². The Morgan fingerprint density at radius 2 is 2.42 bits per heavy atom. The van der Waals surface area contributed by atoms with Gasteiger partial charge in [0, 0.05) is 11.8 Å². The summed E-state index contributed by atoms with van der Waals surface area (Å²) in [6.45, 7) is 1.78. The highest BCUT2D eigenvalue weighted by atomic mass is 32.2. The van der Waals surface area contributed by atoms with Gasteiger partial charge in [0.15, 0.2) is 4.34 Å². The third-order valence-electron chi connectivity index (χ3n) is 1.36. The Hall–Kier alpha value is -0.880. The van der Waals surface area contributed by atoms with E-state index in [1.165, 1.54) is 21.9 Å². The third-order valence-corrected chi connectivity index (χ3v) is 2.44. The topological polar surface area (TPSA) is 47.3 Å². The molecule has 6 heteroatoms. The fourth-order valence-electron chi connectivity index (χ4n) is 0.910. The SMILES string of the molecule is Cc1cc(=O)n2nc(S)sc2n1. The highest BCUT2D eigenvalue weighted by Gasteiger charge is 2.03. The predicted molar refractivity (Wildman–Crippen MR) is 49.1 cm³/mol. The monoisotopic (exact) mass is 199 g/mol. The van der Waals surface area contributed by atoms with Crippen LogP contribution in [0.25, 0.3) is 4.96 Å². The number of aryl methyl sites for hydroxylation is 1. The zero-order chi connectivity index (χ0) is 8.72. The molecule has 0 radical (unpaired) electrons. The summed E-state index contributed by atoms with van der Waals surface area (Å²) in [5.74, 6) is 0. The van der Waals surface area contributed by atoms with E-state index in [0.29, 0.717) is 15.0 Å². The van der Waals surface area contributed by atoms with E-state index < -0.39 is 0 Å². The van der Waals surface area contributed by atoms with Gasteiger partial charge in [-0.2, -0.15) is 4.52 Å². The van der Waals surface area contributed by atoms with E-state index in [0.717, 1.165) is 0 Å². The first-order valence-electron chi connectivity index (χ1n) is 3.23. The molecule has 0 N–H and O–H groups in total. The average molecular weight is 199 g/mol. The first-order valence-corrected chi connectivity index (χ1v) is 4.50. The van der Waals surface area contributed by atoms with Crippen LogP contribution < -0.4 is 5.56 Å². The van der Waals surface area contributed by atoms with Crippen LogP contribution in [0.15, 0.2) is 15.2 Å². The van der Waals surface area contributed by atoms with E-state index in [4.69, 9.17) is 0 Å². The molecule has 2 heterocycles. The minimum absolute atomic E-state index is 0.158. The van der Waals surface area contributed by atoms with Crippen molar-refractivity contribution in [2.75, 3.05) is 0 Å². The summed E-state index contributed by atoms with van der Waals surface area (Å²) in [5.41, 5.74) is 0.547. The number of hydrogen-bond donors (Lipinski definition) is 1. The highest BCUT2D eigenvalue weighted by Crippen LogP contribution is 2.13. The maximum absolute atomic E-state index is 11.2. The smallest absolute Gasteiger partial charge is 0.267 e. The summed E-state index contributed by atoms with van der Waals surface area (Å²) >= 11 is 5.32. The molecule has 0 amide bonds. The Bertz CT molecular complexity index is 487. The standard InChI is InChI=1S/C6H5N3OS2/c1-3-2-4(10)9-5(7-3)12-6(11)8-9/h2H,1H3,(H,8,11). The van der Waals surface area contributed by atoms with Crippen molar-refractivity contribution in [2.24, 2.45) is 0 Å². The molecule has 62 valence electrons. The molecule has 0 bridgehead atoms. The Labute approximate surface area is 77.3 Å². The first-order chi connectivity index (χ1) is 5.66. The van der Waals surface area contributed by atoms with E-state index in [1.54, 1.807) is 6.92 Å². The van der Waals surface area contributed by atoms with E-state index in [1.807, 2.05) is 0 Å². The van der Waals surface area contributed by atoms with Gasteiger partial charge in [-0.25, -0.2) is 4.98 Å².